The SMILES string of the molecule is CCOC(=O)c1cc(C2CC2)c2c(C)c(N3C[C@@H]4C(NC(=O)OC(C)(C)C)[C@@H]4C3)c(F)cn2c1=O. The summed E-state index contributed by atoms with van der Waals surface area (Å²) >= 11 is 0. The second-order valence-electron chi connectivity index (χ2n) is 10.9. The van der Waals surface area contributed by atoms with Gasteiger partial charge >= 0.3 is 12.1 Å². The zero-order chi connectivity index (χ0) is 25.2. The number of esters is 1. The fraction of sp³-hybridized carbons (Fsp3) is 0.577. The lowest BCUT2D eigenvalue weighted by Crippen LogP contribution is -2.38. The first-order valence-electron chi connectivity index (χ1n) is 12.3. The number of alkyl carbamates (subject to hydrolysis) is 1. The number of aryl methyl sites for hydroxylation is 1. The summed E-state index contributed by atoms with van der Waals surface area (Å²) < 4.78 is 27.2. The average Bonchev–Trinajstić information content (AvgIpc) is 3.65. The highest BCUT2D eigenvalue weighted by Crippen LogP contribution is 2.49. The summed E-state index contributed by atoms with van der Waals surface area (Å²) in [7, 11) is 0. The topological polar surface area (TPSA) is 89.3 Å². The number of hydrogen-bond donors (Lipinski definition) is 1. The lowest BCUT2D eigenvalue weighted by molar-refractivity contribution is 0.0510. The number of aromatic nitrogens is 1. The van der Waals surface area contributed by atoms with E-state index in [-0.39, 0.29) is 36.0 Å². The van der Waals surface area contributed by atoms with Crippen LogP contribution in [0.4, 0.5) is 14.9 Å². The number of nitrogens with zero attached hydrogens (tertiary/aromatic N) is 2. The first kappa shape index (κ1) is 23.6. The lowest BCUT2D eigenvalue weighted by Gasteiger charge is -2.27. The van der Waals surface area contributed by atoms with Crippen molar-refractivity contribution in [1.29, 1.82) is 0 Å². The van der Waals surface area contributed by atoms with Crippen LogP contribution in [0.5, 0.6) is 0 Å². The molecule has 35 heavy (non-hydrogen) atoms. The fourth-order valence-corrected chi connectivity index (χ4v) is 5.46. The van der Waals surface area contributed by atoms with E-state index in [0.29, 0.717) is 29.9 Å². The van der Waals surface area contributed by atoms with E-state index in [1.807, 2.05) is 32.6 Å². The van der Waals surface area contributed by atoms with E-state index in [2.05, 4.69) is 5.32 Å². The smallest absolute Gasteiger partial charge is 0.407 e. The molecule has 3 atom stereocenters. The van der Waals surface area contributed by atoms with Gasteiger partial charge in [-0.15, -0.1) is 0 Å². The van der Waals surface area contributed by atoms with Crippen LogP contribution in [0.2, 0.25) is 0 Å². The van der Waals surface area contributed by atoms with Crippen molar-refractivity contribution in [3.63, 3.8) is 0 Å². The Kier molecular flexibility index (Phi) is 5.56. The number of anilines is 1. The van der Waals surface area contributed by atoms with E-state index in [1.165, 1.54) is 10.6 Å². The molecule has 1 amide bonds. The maximum Gasteiger partial charge on any atom is 0.407 e. The Morgan fingerprint density at radius 2 is 1.86 bits per heavy atom. The van der Waals surface area contributed by atoms with Gasteiger partial charge in [-0.25, -0.2) is 14.0 Å². The summed E-state index contributed by atoms with van der Waals surface area (Å²) in [6, 6.07) is 1.67. The molecule has 188 valence electrons. The minimum Gasteiger partial charge on any atom is -0.462 e. The minimum atomic E-state index is -0.681. The van der Waals surface area contributed by atoms with Crippen LogP contribution in [0.25, 0.3) is 5.52 Å². The van der Waals surface area contributed by atoms with Crippen molar-refractivity contribution in [3.05, 3.63) is 45.1 Å². The van der Waals surface area contributed by atoms with Crippen molar-refractivity contribution < 1.29 is 23.5 Å². The number of amides is 1. The van der Waals surface area contributed by atoms with Gasteiger partial charge in [0.2, 0.25) is 0 Å². The third-order valence-corrected chi connectivity index (χ3v) is 7.15. The van der Waals surface area contributed by atoms with Crippen LogP contribution in [0.3, 0.4) is 0 Å². The van der Waals surface area contributed by atoms with Crippen molar-refractivity contribution in [1.82, 2.24) is 9.72 Å². The number of piperidine rings is 1. The second kappa shape index (κ2) is 8.24. The van der Waals surface area contributed by atoms with E-state index in [0.717, 1.165) is 18.4 Å². The van der Waals surface area contributed by atoms with Gasteiger partial charge in [0.25, 0.3) is 5.56 Å². The first-order chi connectivity index (χ1) is 16.5. The summed E-state index contributed by atoms with van der Waals surface area (Å²) in [5.41, 5.74) is 1.55. The lowest BCUT2D eigenvalue weighted by atomic mass is 10.0. The molecule has 0 spiro atoms. The fourth-order valence-electron chi connectivity index (χ4n) is 5.46. The highest BCUT2D eigenvalue weighted by Gasteiger charge is 2.57. The van der Waals surface area contributed by atoms with Crippen molar-refractivity contribution >= 4 is 23.3 Å². The van der Waals surface area contributed by atoms with Crippen LogP contribution in [0, 0.1) is 24.6 Å². The highest BCUT2D eigenvalue weighted by atomic mass is 19.1. The van der Waals surface area contributed by atoms with E-state index in [4.69, 9.17) is 9.47 Å². The molecule has 2 aromatic rings. The van der Waals surface area contributed by atoms with Gasteiger partial charge < -0.3 is 19.7 Å². The molecular weight excluding hydrogens is 453 g/mol. The zero-order valence-electron chi connectivity index (χ0n) is 20.8. The van der Waals surface area contributed by atoms with Crippen LogP contribution >= 0.6 is 0 Å². The number of pyridine rings is 2. The standard InChI is InChI=1S/C26H32FN3O5/c1-6-34-24(32)16-9-15(14-7-8-14)21-13(2)22(19(27)12-30(21)23(16)31)29-10-17-18(11-29)20(17)28-25(33)35-26(3,4)5/h9,12,14,17-18,20H,6-8,10-11H2,1-5H3,(H,28,33)/t17-,18+,20?. The molecule has 5 rings (SSSR count). The number of hydrogen-bond acceptors (Lipinski definition) is 6. The van der Waals surface area contributed by atoms with Gasteiger partial charge in [-0.3, -0.25) is 9.20 Å². The number of fused-ring (bicyclic) bond motifs is 2. The van der Waals surface area contributed by atoms with E-state index in [9.17, 15) is 14.4 Å². The largest absolute Gasteiger partial charge is 0.462 e. The molecule has 2 aromatic heterocycles. The normalized spacial score (nSPS) is 23.3. The molecule has 2 aliphatic carbocycles. The molecule has 9 heteroatoms. The number of nitrogens with one attached hydrogen (secondary N) is 1. The van der Waals surface area contributed by atoms with Gasteiger partial charge in [-0.2, -0.15) is 0 Å². The molecule has 3 aliphatic rings. The van der Waals surface area contributed by atoms with Gasteiger partial charge in [-0.05, 0) is 70.6 Å². The third kappa shape index (κ3) is 4.25. The van der Waals surface area contributed by atoms with Crippen molar-refractivity contribution in [3.8, 4) is 0 Å². The van der Waals surface area contributed by atoms with Crippen LogP contribution < -0.4 is 15.8 Å². The van der Waals surface area contributed by atoms with Crippen LogP contribution in [-0.4, -0.2) is 47.8 Å². The summed E-state index contributed by atoms with van der Waals surface area (Å²) in [6.45, 7) is 10.4. The summed E-state index contributed by atoms with van der Waals surface area (Å²) in [5, 5.41) is 2.94. The maximum atomic E-state index is 15.5. The van der Waals surface area contributed by atoms with Gasteiger partial charge in [0.15, 0.2) is 5.82 Å². The number of ether oxygens (including phenoxy) is 2. The molecule has 1 saturated heterocycles. The number of carbonyl (C=O) groups excluding carboxylic acids is 2. The Morgan fingerprint density at radius 3 is 2.43 bits per heavy atom. The van der Waals surface area contributed by atoms with Gasteiger partial charge in [0.1, 0.15) is 11.2 Å². The van der Waals surface area contributed by atoms with Crippen molar-refractivity contribution in [2.24, 2.45) is 11.8 Å². The molecule has 2 saturated carbocycles. The molecule has 0 bridgehead atoms. The van der Waals surface area contributed by atoms with Crippen LogP contribution in [-0.2, 0) is 9.47 Å². The average molecular weight is 486 g/mol. The number of halogens is 1. The van der Waals surface area contributed by atoms with Gasteiger partial charge in [0, 0.05) is 31.0 Å². The molecule has 1 aliphatic heterocycles. The zero-order valence-corrected chi connectivity index (χ0v) is 20.8. The van der Waals surface area contributed by atoms with Gasteiger partial charge in [0.05, 0.1) is 24.0 Å². The summed E-state index contributed by atoms with van der Waals surface area (Å²) in [5.74, 6) is -0.482. The Balaban J connectivity index is 1.44. The molecule has 8 nitrogen and oxygen atoms in total. The molecule has 3 heterocycles. The highest BCUT2D eigenvalue weighted by molar-refractivity contribution is 5.90. The quantitative estimate of drug-likeness (QED) is 0.649. The molecular formula is C26H32FN3O5. The monoisotopic (exact) mass is 485 g/mol. The second-order valence-corrected chi connectivity index (χ2v) is 10.9. The van der Waals surface area contributed by atoms with Crippen LogP contribution in [0.15, 0.2) is 17.1 Å². The van der Waals surface area contributed by atoms with E-state index < -0.39 is 29.0 Å². The Labute approximate surface area is 203 Å². The first-order valence-corrected chi connectivity index (χ1v) is 12.3. The molecule has 1 unspecified atom stereocenters. The number of rotatable bonds is 5. The predicted molar refractivity (Wildman–Crippen MR) is 129 cm³/mol. The molecule has 3 fully saturated rings. The molecule has 0 aromatic carbocycles. The minimum absolute atomic E-state index is 0.0294. The van der Waals surface area contributed by atoms with Gasteiger partial charge in [-0.1, -0.05) is 0 Å². The number of carbonyl (C=O) groups is 2. The van der Waals surface area contributed by atoms with Crippen molar-refractivity contribution in [2.75, 3.05) is 24.6 Å². The maximum absolute atomic E-state index is 15.5. The van der Waals surface area contributed by atoms with Crippen molar-refractivity contribution in [2.45, 2.75) is 65.0 Å². The Bertz CT molecular complexity index is 1260. The van der Waals surface area contributed by atoms with Crippen LogP contribution in [0.1, 0.15) is 67.9 Å². The Hall–Kier alpha value is -3.10. The van der Waals surface area contributed by atoms with E-state index in [1.54, 1.807) is 13.0 Å². The summed E-state index contributed by atoms with van der Waals surface area (Å²) in [6.07, 6.45) is 2.71. The third-order valence-electron chi connectivity index (χ3n) is 7.15. The van der Waals surface area contributed by atoms with E-state index >= 15 is 4.39 Å². The molecule has 0 radical (unpaired) electrons. The molecule has 1 N–H and O–H groups in total. The summed E-state index contributed by atoms with van der Waals surface area (Å²) in [4.78, 5) is 39.6. The predicted octanol–water partition coefficient (Wildman–Crippen LogP) is 3.76. The Morgan fingerprint density at radius 1 is 1.20 bits per heavy atom.